The van der Waals surface area contributed by atoms with Gasteiger partial charge < -0.3 is 9.64 Å². The number of carbonyl (C=O) groups is 1. The highest BCUT2D eigenvalue weighted by molar-refractivity contribution is 5.92. The highest BCUT2D eigenvalue weighted by Gasteiger charge is 2.14. The van der Waals surface area contributed by atoms with Crippen LogP contribution in [0.5, 0.6) is 5.75 Å². The minimum atomic E-state index is -0.373. The Morgan fingerprint density at radius 1 is 0.596 bits per heavy atom. The molecule has 0 saturated carbocycles. The van der Waals surface area contributed by atoms with Gasteiger partial charge in [0.2, 0.25) is 0 Å². The Bertz CT molecular complexity index is 1910. The van der Waals surface area contributed by atoms with Crippen LogP contribution in [-0.2, 0) is 6.42 Å². The average molecular weight is 616 g/mol. The molecule has 0 aliphatic carbocycles. The van der Waals surface area contributed by atoms with Crippen molar-refractivity contribution in [2.75, 3.05) is 4.90 Å². The SMILES string of the molecule is CCc1ccc(C(C)C)cc1-c1ccc(OC(=O)c2ccc(-c3ccc(N(c4ccc(C)cc4)c4ccc(C)cc4)cc3)cc2)cc1. The van der Waals surface area contributed by atoms with E-state index in [-0.39, 0.29) is 5.97 Å². The Balaban J connectivity index is 1.16. The van der Waals surface area contributed by atoms with E-state index in [9.17, 15) is 4.79 Å². The van der Waals surface area contributed by atoms with E-state index in [0.717, 1.165) is 40.2 Å². The fraction of sp³-hybridized carbons (Fsp3) is 0.159. The molecule has 3 nitrogen and oxygen atoms in total. The van der Waals surface area contributed by atoms with E-state index < -0.39 is 0 Å². The summed E-state index contributed by atoms with van der Waals surface area (Å²) in [7, 11) is 0. The van der Waals surface area contributed by atoms with Gasteiger partial charge in [-0.1, -0.05) is 111 Å². The average Bonchev–Trinajstić information content (AvgIpc) is 3.10. The Morgan fingerprint density at radius 2 is 1.06 bits per heavy atom. The second kappa shape index (κ2) is 13.9. The topological polar surface area (TPSA) is 29.5 Å². The zero-order valence-electron chi connectivity index (χ0n) is 27.8. The molecule has 0 N–H and O–H groups in total. The van der Waals surface area contributed by atoms with E-state index in [1.165, 1.54) is 27.8 Å². The number of aryl methyl sites for hydroxylation is 3. The van der Waals surface area contributed by atoms with Gasteiger partial charge in [0.15, 0.2) is 0 Å². The molecule has 0 fully saturated rings. The van der Waals surface area contributed by atoms with E-state index in [0.29, 0.717) is 17.2 Å². The lowest BCUT2D eigenvalue weighted by Crippen LogP contribution is -2.09. The predicted octanol–water partition coefficient (Wildman–Crippen LogP) is 12.0. The normalized spacial score (nSPS) is 11.0. The van der Waals surface area contributed by atoms with Gasteiger partial charge >= 0.3 is 5.97 Å². The second-order valence-corrected chi connectivity index (χ2v) is 12.5. The van der Waals surface area contributed by atoms with Crippen molar-refractivity contribution >= 4 is 23.0 Å². The maximum absolute atomic E-state index is 13.0. The Labute approximate surface area is 279 Å². The van der Waals surface area contributed by atoms with Crippen LogP contribution in [0.15, 0.2) is 140 Å². The molecule has 0 radical (unpaired) electrons. The molecule has 0 unspecified atom stereocenters. The minimum absolute atomic E-state index is 0.373. The van der Waals surface area contributed by atoms with Crippen molar-refractivity contribution in [1.29, 1.82) is 0 Å². The molecule has 234 valence electrons. The summed E-state index contributed by atoms with van der Waals surface area (Å²) in [5.74, 6) is 0.620. The van der Waals surface area contributed by atoms with Crippen molar-refractivity contribution in [1.82, 2.24) is 0 Å². The van der Waals surface area contributed by atoms with Gasteiger partial charge in [-0.15, -0.1) is 0 Å². The van der Waals surface area contributed by atoms with E-state index in [1.54, 1.807) is 0 Å². The predicted molar refractivity (Wildman–Crippen MR) is 196 cm³/mol. The highest BCUT2D eigenvalue weighted by Crippen LogP contribution is 2.36. The number of carbonyl (C=O) groups excluding carboxylic acids is 1. The number of hydrogen-bond donors (Lipinski definition) is 0. The quantitative estimate of drug-likeness (QED) is 0.120. The van der Waals surface area contributed by atoms with Gasteiger partial charge in [-0.3, -0.25) is 0 Å². The molecule has 6 rings (SSSR count). The third-order valence-corrected chi connectivity index (χ3v) is 8.72. The van der Waals surface area contributed by atoms with Gasteiger partial charge in [0, 0.05) is 17.1 Å². The first-order chi connectivity index (χ1) is 22.8. The largest absolute Gasteiger partial charge is 0.423 e. The molecule has 0 heterocycles. The van der Waals surface area contributed by atoms with Crippen LogP contribution in [0, 0.1) is 13.8 Å². The fourth-order valence-corrected chi connectivity index (χ4v) is 5.84. The smallest absolute Gasteiger partial charge is 0.343 e. The first kappa shape index (κ1) is 31.6. The first-order valence-electron chi connectivity index (χ1n) is 16.4. The summed E-state index contributed by atoms with van der Waals surface area (Å²) in [6.07, 6.45) is 0.962. The van der Waals surface area contributed by atoms with Crippen LogP contribution < -0.4 is 9.64 Å². The zero-order valence-corrected chi connectivity index (χ0v) is 27.8. The lowest BCUT2D eigenvalue weighted by atomic mass is 9.92. The van der Waals surface area contributed by atoms with Crippen molar-refractivity contribution in [3.63, 3.8) is 0 Å². The molecule has 3 heteroatoms. The highest BCUT2D eigenvalue weighted by atomic mass is 16.5. The number of anilines is 3. The van der Waals surface area contributed by atoms with Crippen molar-refractivity contribution in [2.24, 2.45) is 0 Å². The van der Waals surface area contributed by atoms with Crippen molar-refractivity contribution in [2.45, 2.75) is 47.0 Å². The lowest BCUT2D eigenvalue weighted by Gasteiger charge is -2.26. The van der Waals surface area contributed by atoms with Crippen molar-refractivity contribution in [3.05, 3.63) is 167 Å². The Kier molecular flexibility index (Phi) is 9.35. The Morgan fingerprint density at radius 3 is 1.55 bits per heavy atom. The minimum Gasteiger partial charge on any atom is -0.423 e. The lowest BCUT2D eigenvalue weighted by molar-refractivity contribution is 0.0735. The number of rotatable bonds is 9. The van der Waals surface area contributed by atoms with Crippen LogP contribution in [0.3, 0.4) is 0 Å². The molecule has 0 aliphatic heterocycles. The Hall–Kier alpha value is -5.41. The molecule has 47 heavy (non-hydrogen) atoms. The summed E-state index contributed by atoms with van der Waals surface area (Å²) >= 11 is 0. The van der Waals surface area contributed by atoms with Gasteiger partial charge in [-0.25, -0.2) is 4.79 Å². The molecule has 0 aliphatic rings. The number of nitrogens with zero attached hydrogens (tertiary/aromatic N) is 1. The van der Waals surface area contributed by atoms with Gasteiger partial charge in [-0.2, -0.15) is 0 Å². The molecule has 6 aromatic rings. The van der Waals surface area contributed by atoms with E-state index in [4.69, 9.17) is 4.74 Å². The van der Waals surface area contributed by atoms with Crippen LogP contribution in [0.2, 0.25) is 0 Å². The molecule has 0 spiro atoms. The van der Waals surface area contributed by atoms with Gasteiger partial charge in [0.1, 0.15) is 5.75 Å². The molecule has 0 bridgehead atoms. The molecular weight excluding hydrogens is 574 g/mol. The molecule has 0 amide bonds. The molecule has 0 saturated heterocycles. The molecule has 6 aromatic carbocycles. The third kappa shape index (κ3) is 7.21. The van der Waals surface area contributed by atoms with E-state index in [2.05, 4.69) is 131 Å². The van der Waals surface area contributed by atoms with Crippen LogP contribution in [0.25, 0.3) is 22.3 Å². The van der Waals surface area contributed by atoms with E-state index in [1.807, 2.05) is 48.5 Å². The number of benzene rings is 6. The standard InChI is InChI=1S/C44H41NO2/c1-6-33-11-16-38(30(2)3)29-43(33)36-19-27-42(28-20-36)47-44(46)37-14-12-34(13-15-37)35-17-25-41(26-18-35)45(39-21-7-31(4)8-22-39)40-23-9-32(5)10-24-40/h7-30H,6H2,1-5H3. The summed E-state index contributed by atoms with van der Waals surface area (Å²) < 4.78 is 5.75. The van der Waals surface area contributed by atoms with Gasteiger partial charge in [-0.05, 0) is 120 Å². The van der Waals surface area contributed by atoms with Crippen LogP contribution in [0.1, 0.15) is 59.3 Å². The summed E-state index contributed by atoms with van der Waals surface area (Å²) in [6, 6.07) is 47.9. The maximum atomic E-state index is 13.0. The van der Waals surface area contributed by atoms with Gasteiger partial charge in [0.25, 0.3) is 0 Å². The second-order valence-electron chi connectivity index (χ2n) is 12.5. The number of hydrogen-bond acceptors (Lipinski definition) is 3. The fourth-order valence-electron chi connectivity index (χ4n) is 5.84. The summed E-state index contributed by atoms with van der Waals surface area (Å²) in [5.41, 5.74) is 13.4. The molecule has 0 aromatic heterocycles. The van der Waals surface area contributed by atoms with Crippen LogP contribution >= 0.6 is 0 Å². The van der Waals surface area contributed by atoms with Gasteiger partial charge in [0.05, 0.1) is 5.56 Å². The first-order valence-corrected chi connectivity index (χ1v) is 16.4. The molecular formula is C44H41NO2. The molecule has 0 atom stereocenters. The van der Waals surface area contributed by atoms with Crippen LogP contribution in [-0.4, -0.2) is 5.97 Å². The third-order valence-electron chi connectivity index (χ3n) is 8.72. The zero-order chi connectivity index (χ0) is 32.9. The van der Waals surface area contributed by atoms with E-state index >= 15 is 0 Å². The number of ether oxygens (including phenoxy) is 1. The summed E-state index contributed by atoms with van der Waals surface area (Å²) in [6.45, 7) is 10.8. The van der Waals surface area contributed by atoms with Crippen LogP contribution in [0.4, 0.5) is 17.1 Å². The monoisotopic (exact) mass is 615 g/mol. The van der Waals surface area contributed by atoms with Crippen molar-refractivity contribution in [3.8, 4) is 28.0 Å². The summed E-state index contributed by atoms with van der Waals surface area (Å²) in [4.78, 5) is 15.3. The maximum Gasteiger partial charge on any atom is 0.343 e. The summed E-state index contributed by atoms with van der Waals surface area (Å²) in [5, 5.41) is 0. The number of esters is 1. The van der Waals surface area contributed by atoms with Crippen molar-refractivity contribution < 1.29 is 9.53 Å².